The summed E-state index contributed by atoms with van der Waals surface area (Å²) in [5.74, 6) is 4.18. The smallest absolute Gasteiger partial charge is 0.191 e. The molecule has 0 fully saturated rings. The molecule has 152 valence electrons. The van der Waals surface area contributed by atoms with Gasteiger partial charge in [0, 0.05) is 29.4 Å². The Balaban J connectivity index is 1.54. The van der Waals surface area contributed by atoms with E-state index in [1.165, 1.54) is 5.56 Å². The average Bonchev–Trinajstić information content (AvgIpc) is 3.40. The van der Waals surface area contributed by atoms with Crippen LogP contribution in [0.1, 0.15) is 36.0 Å². The van der Waals surface area contributed by atoms with Crippen molar-refractivity contribution in [3.8, 4) is 28.5 Å². The van der Waals surface area contributed by atoms with Crippen LogP contribution in [0, 0.1) is 6.92 Å². The Labute approximate surface area is 183 Å². The maximum absolute atomic E-state index is 5.68. The molecule has 1 aliphatic rings. The van der Waals surface area contributed by atoms with Gasteiger partial charge in [-0.15, -0.1) is 10.2 Å². The van der Waals surface area contributed by atoms with Crippen molar-refractivity contribution in [1.82, 2.24) is 19.7 Å². The summed E-state index contributed by atoms with van der Waals surface area (Å²) in [6.45, 7) is 2.74. The minimum absolute atomic E-state index is 0.256. The Morgan fingerprint density at radius 2 is 1.97 bits per heavy atom. The van der Waals surface area contributed by atoms with Gasteiger partial charge < -0.3 is 13.7 Å². The zero-order valence-electron chi connectivity index (χ0n) is 16.8. The lowest BCUT2D eigenvalue weighted by Crippen LogP contribution is -2.17. The number of ether oxygens (including phenoxy) is 1. The number of aryl methyl sites for hydroxylation is 1. The number of oxazole rings is 1. The van der Waals surface area contributed by atoms with Gasteiger partial charge in [0.25, 0.3) is 0 Å². The van der Waals surface area contributed by atoms with Crippen LogP contribution in [0.25, 0.3) is 22.7 Å². The van der Waals surface area contributed by atoms with Crippen molar-refractivity contribution in [1.29, 1.82) is 0 Å². The summed E-state index contributed by atoms with van der Waals surface area (Å²) in [6.07, 6.45) is 3.88. The highest BCUT2D eigenvalue weighted by Gasteiger charge is 2.27. The molecule has 0 aliphatic carbocycles. The van der Waals surface area contributed by atoms with Crippen LogP contribution in [0.5, 0.6) is 5.75 Å². The van der Waals surface area contributed by atoms with Crippen LogP contribution in [-0.4, -0.2) is 26.9 Å². The van der Waals surface area contributed by atoms with Gasteiger partial charge in [0.05, 0.1) is 18.9 Å². The molecule has 30 heavy (non-hydrogen) atoms. The standard InChI is InChI=1S/C23H21BrN4O2/c1-14-25-13-21(30-14)19-10-7-16(12-20(19)29-2)22-26-27-23-18(4-3-11-28(22)23)15-5-8-17(24)9-6-15/h5-10,12-13,18H,3-4,11H2,1-2H3. The first-order valence-corrected chi connectivity index (χ1v) is 10.7. The monoisotopic (exact) mass is 464 g/mol. The second-order valence-corrected chi connectivity index (χ2v) is 8.35. The van der Waals surface area contributed by atoms with Crippen molar-refractivity contribution < 1.29 is 9.15 Å². The topological polar surface area (TPSA) is 66.0 Å². The Morgan fingerprint density at radius 3 is 2.70 bits per heavy atom. The first-order valence-electron chi connectivity index (χ1n) is 9.94. The number of nitrogens with zero attached hydrogens (tertiary/aromatic N) is 4. The molecule has 2 aromatic heterocycles. The van der Waals surface area contributed by atoms with Gasteiger partial charge in [-0.3, -0.25) is 0 Å². The van der Waals surface area contributed by atoms with E-state index in [-0.39, 0.29) is 5.92 Å². The molecule has 0 radical (unpaired) electrons. The number of aromatic nitrogens is 4. The lowest BCUT2D eigenvalue weighted by molar-refractivity contribution is 0.414. The fourth-order valence-corrected chi connectivity index (χ4v) is 4.38. The van der Waals surface area contributed by atoms with E-state index >= 15 is 0 Å². The van der Waals surface area contributed by atoms with Gasteiger partial charge in [0.2, 0.25) is 0 Å². The Hall–Kier alpha value is -2.93. The molecule has 0 N–H and O–H groups in total. The van der Waals surface area contributed by atoms with Gasteiger partial charge in [-0.2, -0.15) is 0 Å². The molecule has 0 bridgehead atoms. The second-order valence-electron chi connectivity index (χ2n) is 7.44. The molecule has 7 heteroatoms. The van der Waals surface area contributed by atoms with Crippen molar-refractivity contribution in [2.24, 2.45) is 0 Å². The van der Waals surface area contributed by atoms with Crippen LogP contribution in [0.2, 0.25) is 0 Å². The van der Waals surface area contributed by atoms with E-state index in [0.29, 0.717) is 11.7 Å². The van der Waals surface area contributed by atoms with Gasteiger partial charge in [-0.25, -0.2) is 4.98 Å². The summed E-state index contributed by atoms with van der Waals surface area (Å²) in [5.41, 5.74) is 3.11. The predicted octanol–water partition coefficient (Wildman–Crippen LogP) is 5.61. The number of hydrogen-bond acceptors (Lipinski definition) is 5. The summed E-state index contributed by atoms with van der Waals surface area (Å²) >= 11 is 3.52. The second kappa shape index (κ2) is 7.72. The molecule has 1 unspecified atom stereocenters. The summed E-state index contributed by atoms with van der Waals surface area (Å²) in [5, 5.41) is 9.14. The van der Waals surface area contributed by atoms with E-state index in [0.717, 1.165) is 52.4 Å². The number of rotatable bonds is 4. The number of benzene rings is 2. The minimum atomic E-state index is 0.256. The SMILES string of the molecule is COc1cc(-c2nnc3n2CCCC3c2ccc(Br)cc2)ccc1-c1cnc(C)o1. The quantitative estimate of drug-likeness (QED) is 0.392. The Bertz CT molecular complexity index is 1200. The van der Waals surface area contributed by atoms with Crippen molar-refractivity contribution in [3.05, 3.63) is 70.4 Å². The number of fused-ring (bicyclic) bond motifs is 1. The maximum Gasteiger partial charge on any atom is 0.191 e. The zero-order chi connectivity index (χ0) is 20.7. The molecule has 4 aromatic rings. The summed E-state index contributed by atoms with van der Waals surface area (Å²) in [7, 11) is 1.66. The molecule has 1 aliphatic heterocycles. The van der Waals surface area contributed by atoms with Gasteiger partial charge in [-0.05, 0) is 42.7 Å². The van der Waals surface area contributed by atoms with E-state index in [1.54, 1.807) is 13.3 Å². The highest BCUT2D eigenvalue weighted by atomic mass is 79.9. The van der Waals surface area contributed by atoms with Gasteiger partial charge in [0.15, 0.2) is 17.5 Å². The van der Waals surface area contributed by atoms with Crippen LogP contribution in [0.15, 0.2) is 57.6 Å². The highest BCUT2D eigenvalue weighted by molar-refractivity contribution is 9.10. The molecule has 1 atom stereocenters. The molecule has 0 spiro atoms. The summed E-state index contributed by atoms with van der Waals surface area (Å²) in [4.78, 5) is 4.19. The first kappa shape index (κ1) is 19.1. The first-order chi connectivity index (χ1) is 14.6. The van der Waals surface area contributed by atoms with Crippen molar-refractivity contribution >= 4 is 15.9 Å². The van der Waals surface area contributed by atoms with Gasteiger partial charge in [0.1, 0.15) is 11.6 Å². The average molecular weight is 465 g/mol. The Morgan fingerprint density at radius 1 is 1.13 bits per heavy atom. The third-order valence-corrected chi connectivity index (χ3v) is 6.11. The van der Waals surface area contributed by atoms with E-state index in [4.69, 9.17) is 9.15 Å². The molecule has 0 saturated carbocycles. The highest BCUT2D eigenvalue weighted by Crippen LogP contribution is 2.38. The largest absolute Gasteiger partial charge is 0.496 e. The van der Waals surface area contributed by atoms with Crippen LogP contribution >= 0.6 is 15.9 Å². The van der Waals surface area contributed by atoms with E-state index < -0.39 is 0 Å². The molecule has 0 amide bonds. The van der Waals surface area contributed by atoms with Crippen LogP contribution in [0.3, 0.4) is 0 Å². The van der Waals surface area contributed by atoms with Crippen LogP contribution < -0.4 is 4.74 Å². The van der Waals surface area contributed by atoms with E-state index in [2.05, 4.69) is 59.9 Å². The van der Waals surface area contributed by atoms with E-state index in [9.17, 15) is 0 Å². The molecule has 5 rings (SSSR count). The third kappa shape index (κ3) is 3.33. The summed E-state index contributed by atoms with van der Waals surface area (Å²) < 4.78 is 14.6. The third-order valence-electron chi connectivity index (χ3n) is 5.58. The van der Waals surface area contributed by atoms with Gasteiger partial charge in [-0.1, -0.05) is 34.1 Å². The molecule has 2 aromatic carbocycles. The molecule has 6 nitrogen and oxygen atoms in total. The zero-order valence-corrected chi connectivity index (χ0v) is 18.4. The molecular weight excluding hydrogens is 444 g/mol. The number of hydrogen-bond donors (Lipinski definition) is 0. The van der Waals surface area contributed by atoms with Crippen molar-refractivity contribution in [2.75, 3.05) is 7.11 Å². The summed E-state index contributed by atoms with van der Waals surface area (Å²) in [6, 6.07) is 14.5. The fraction of sp³-hybridized carbons (Fsp3) is 0.261. The van der Waals surface area contributed by atoms with Crippen molar-refractivity contribution in [3.63, 3.8) is 0 Å². The Kier molecular flexibility index (Phi) is 4.90. The number of methoxy groups -OCH3 is 1. The molecular formula is C23H21BrN4O2. The van der Waals surface area contributed by atoms with Crippen molar-refractivity contribution in [2.45, 2.75) is 32.2 Å². The van der Waals surface area contributed by atoms with Crippen LogP contribution in [0.4, 0.5) is 0 Å². The molecule has 0 saturated heterocycles. The lowest BCUT2D eigenvalue weighted by Gasteiger charge is -2.24. The predicted molar refractivity (Wildman–Crippen MR) is 117 cm³/mol. The maximum atomic E-state index is 5.68. The van der Waals surface area contributed by atoms with E-state index in [1.807, 2.05) is 25.1 Å². The normalized spacial score (nSPS) is 15.8. The van der Waals surface area contributed by atoms with Crippen LogP contribution in [-0.2, 0) is 6.54 Å². The fourth-order valence-electron chi connectivity index (χ4n) is 4.12. The molecule has 3 heterocycles. The number of halogens is 1. The van der Waals surface area contributed by atoms with Gasteiger partial charge >= 0.3 is 0 Å². The lowest BCUT2D eigenvalue weighted by atomic mass is 9.91. The minimum Gasteiger partial charge on any atom is -0.496 e.